The second-order valence-electron chi connectivity index (χ2n) is 10.4. The molecule has 12 heteroatoms. The normalized spacial score (nSPS) is 16.6. The van der Waals surface area contributed by atoms with Crippen LogP contribution in [0, 0.1) is 17.6 Å². The molecule has 0 N–H and O–H groups in total. The van der Waals surface area contributed by atoms with Crippen LogP contribution in [0.4, 0.5) is 20.2 Å². The number of fused-ring (bicyclic) bond motifs is 1. The summed E-state index contributed by atoms with van der Waals surface area (Å²) in [6.45, 7) is 4.75. The Hall–Kier alpha value is -3.54. The molecule has 0 radical (unpaired) electrons. The third-order valence-corrected chi connectivity index (χ3v) is 9.39. The Bertz CT molecular complexity index is 1630. The van der Waals surface area contributed by atoms with Crippen molar-refractivity contribution in [3.05, 3.63) is 76.3 Å². The minimum Gasteiger partial charge on any atom is -0.465 e. The molecular weight excluding hydrogens is 590 g/mol. The predicted octanol–water partition coefficient (Wildman–Crippen LogP) is 6.32. The van der Waals surface area contributed by atoms with E-state index < -0.39 is 57.4 Å². The highest BCUT2D eigenvalue weighted by Gasteiger charge is 2.38. The first-order chi connectivity index (χ1) is 19.8. The molecule has 4 rings (SSSR count). The standard InChI is InChI=1S/C30H31ClF2N2O6S/c1-17(2)11-20-15-35(19-9-7-6-8-10-19)26-14-25(31)22(13-27(26)42(38,39)34(20)4)21-12-23(30(37)40-5)28(32)29(33)24(21)16-41-18(3)36/h6-10,12-14,17,20H,11,15-16H2,1-5H3/t20-/m1/s1. The Kier molecular flexibility index (Phi) is 9.24. The van der Waals surface area contributed by atoms with Crippen LogP contribution >= 0.6 is 11.6 Å². The lowest BCUT2D eigenvalue weighted by Crippen LogP contribution is -2.41. The average Bonchev–Trinajstić information content (AvgIpc) is 3.01. The van der Waals surface area contributed by atoms with Crippen LogP contribution in [0.25, 0.3) is 11.1 Å². The monoisotopic (exact) mass is 620 g/mol. The lowest BCUT2D eigenvalue weighted by atomic mass is 9.95. The van der Waals surface area contributed by atoms with E-state index >= 15 is 4.39 Å². The number of rotatable bonds is 7. The van der Waals surface area contributed by atoms with E-state index in [1.54, 1.807) is 0 Å². The predicted molar refractivity (Wildman–Crippen MR) is 155 cm³/mol. The second-order valence-corrected chi connectivity index (χ2v) is 12.8. The van der Waals surface area contributed by atoms with Crippen LogP contribution in [-0.4, -0.2) is 51.4 Å². The van der Waals surface area contributed by atoms with Gasteiger partial charge in [0.25, 0.3) is 0 Å². The van der Waals surface area contributed by atoms with E-state index in [1.165, 1.54) is 23.5 Å². The van der Waals surface area contributed by atoms with Crippen molar-refractivity contribution in [1.29, 1.82) is 0 Å². The van der Waals surface area contributed by atoms with E-state index in [1.807, 2.05) is 49.1 Å². The zero-order valence-electron chi connectivity index (χ0n) is 23.8. The number of esters is 2. The third-order valence-electron chi connectivity index (χ3n) is 7.14. The summed E-state index contributed by atoms with van der Waals surface area (Å²) < 4.78 is 69.5. The molecule has 3 aromatic carbocycles. The molecule has 3 aromatic rings. The maximum atomic E-state index is 15.4. The van der Waals surface area contributed by atoms with Gasteiger partial charge in [0.15, 0.2) is 11.6 Å². The van der Waals surface area contributed by atoms with E-state index in [2.05, 4.69) is 4.74 Å². The molecule has 0 saturated carbocycles. The number of sulfonamides is 1. The number of methoxy groups -OCH3 is 1. The molecule has 0 saturated heterocycles. The quantitative estimate of drug-likeness (QED) is 0.285. The molecule has 8 nitrogen and oxygen atoms in total. The minimum absolute atomic E-state index is 0.000688. The number of ether oxygens (including phenoxy) is 2. The van der Waals surface area contributed by atoms with Crippen molar-refractivity contribution in [3.63, 3.8) is 0 Å². The first-order valence-electron chi connectivity index (χ1n) is 13.1. The van der Waals surface area contributed by atoms with Gasteiger partial charge in [0, 0.05) is 43.4 Å². The molecule has 1 aliphatic heterocycles. The summed E-state index contributed by atoms with van der Waals surface area (Å²) >= 11 is 6.77. The highest BCUT2D eigenvalue weighted by atomic mass is 35.5. The molecule has 1 heterocycles. The Labute approximate surface area is 248 Å². The molecule has 0 unspecified atom stereocenters. The third kappa shape index (κ3) is 5.99. The Morgan fingerprint density at radius 1 is 1.07 bits per heavy atom. The summed E-state index contributed by atoms with van der Waals surface area (Å²) in [5, 5.41) is 0.000688. The van der Waals surface area contributed by atoms with Crippen LogP contribution in [0.3, 0.4) is 0 Å². The number of halogens is 3. The van der Waals surface area contributed by atoms with Gasteiger partial charge < -0.3 is 14.4 Å². The van der Waals surface area contributed by atoms with E-state index in [-0.39, 0.29) is 27.0 Å². The molecular formula is C30H31ClF2N2O6S. The van der Waals surface area contributed by atoms with Crippen molar-refractivity contribution in [2.75, 3.05) is 25.6 Å². The van der Waals surface area contributed by atoms with Crippen LogP contribution in [0.5, 0.6) is 0 Å². The number of hydrogen-bond donors (Lipinski definition) is 0. The van der Waals surface area contributed by atoms with Gasteiger partial charge in [-0.1, -0.05) is 43.6 Å². The summed E-state index contributed by atoms with van der Waals surface area (Å²) in [6, 6.07) is 12.6. The van der Waals surface area contributed by atoms with Crippen LogP contribution in [-0.2, 0) is 30.9 Å². The topological polar surface area (TPSA) is 93.2 Å². The smallest absolute Gasteiger partial charge is 0.340 e. The van der Waals surface area contributed by atoms with E-state index in [0.717, 1.165) is 25.8 Å². The summed E-state index contributed by atoms with van der Waals surface area (Å²) in [6.07, 6.45) is 0.575. The minimum atomic E-state index is -4.14. The SMILES string of the molecule is COC(=O)c1cc(-c2cc3c(cc2Cl)N(c2ccccc2)C[C@@H](CC(C)C)N(C)S3(=O)=O)c(COC(C)=O)c(F)c1F. The fourth-order valence-electron chi connectivity index (χ4n) is 5.04. The number of carbonyl (C=O) groups excluding carboxylic acids is 2. The lowest BCUT2D eigenvalue weighted by Gasteiger charge is -2.30. The number of para-hydroxylation sites is 1. The van der Waals surface area contributed by atoms with Crippen LogP contribution in [0.2, 0.25) is 5.02 Å². The Balaban J connectivity index is 2.04. The first kappa shape index (κ1) is 31.4. The summed E-state index contributed by atoms with van der Waals surface area (Å²) in [7, 11) is -1.62. The maximum Gasteiger partial charge on any atom is 0.340 e. The number of anilines is 2. The maximum absolute atomic E-state index is 15.4. The van der Waals surface area contributed by atoms with E-state index in [0.29, 0.717) is 18.7 Å². The van der Waals surface area contributed by atoms with Gasteiger partial charge in [-0.2, -0.15) is 4.31 Å². The van der Waals surface area contributed by atoms with Crippen molar-refractivity contribution in [3.8, 4) is 11.1 Å². The van der Waals surface area contributed by atoms with Gasteiger partial charge in [0.1, 0.15) is 11.5 Å². The second kappa shape index (κ2) is 12.4. The lowest BCUT2D eigenvalue weighted by molar-refractivity contribution is -0.142. The van der Waals surface area contributed by atoms with Gasteiger partial charge >= 0.3 is 11.9 Å². The van der Waals surface area contributed by atoms with Gasteiger partial charge in [-0.05, 0) is 48.2 Å². The van der Waals surface area contributed by atoms with Gasteiger partial charge in [-0.15, -0.1) is 0 Å². The number of likely N-dealkylation sites (N-methyl/N-ethyl adjacent to an activating group) is 1. The summed E-state index contributed by atoms with van der Waals surface area (Å²) in [4.78, 5) is 25.6. The van der Waals surface area contributed by atoms with Crippen LogP contribution in [0.1, 0.15) is 43.1 Å². The molecule has 0 spiro atoms. The molecule has 0 aromatic heterocycles. The molecule has 42 heavy (non-hydrogen) atoms. The first-order valence-corrected chi connectivity index (χ1v) is 15.0. The molecule has 0 amide bonds. The van der Waals surface area contributed by atoms with Gasteiger partial charge in [0.2, 0.25) is 10.0 Å². The molecule has 0 bridgehead atoms. The summed E-state index contributed by atoms with van der Waals surface area (Å²) in [5.41, 5.74) is -0.257. The van der Waals surface area contributed by atoms with E-state index in [9.17, 15) is 22.4 Å². The van der Waals surface area contributed by atoms with Gasteiger partial charge in [-0.25, -0.2) is 22.0 Å². The number of carbonyl (C=O) groups is 2. The fourth-order valence-corrected chi connectivity index (χ4v) is 6.85. The van der Waals surface area contributed by atoms with Crippen molar-refractivity contribution >= 4 is 44.9 Å². The van der Waals surface area contributed by atoms with Crippen LogP contribution in [0.15, 0.2) is 53.4 Å². The highest BCUT2D eigenvalue weighted by Crippen LogP contribution is 2.44. The van der Waals surface area contributed by atoms with Crippen LogP contribution < -0.4 is 4.90 Å². The average molecular weight is 621 g/mol. The summed E-state index contributed by atoms with van der Waals surface area (Å²) in [5.74, 6) is -4.68. The number of nitrogens with zero attached hydrogens (tertiary/aromatic N) is 2. The Morgan fingerprint density at radius 3 is 2.33 bits per heavy atom. The van der Waals surface area contributed by atoms with Crippen molar-refractivity contribution < 1.29 is 36.3 Å². The zero-order chi connectivity index (χ0) is 30.9. The molecule has 1 aliphatic rings. The largest absolute Gasteiger partial charge is 0.465 e. The molecule has 0 fully saturated rings. The molecule has 0 aliphatic carbocycles. The van der Waals surface area contributed by atoms with Crippen molar-refractivity contribution in [2.24, 2.45) is 5.92 Å². The number of benzene rings is 3. The highest BCUT2D eigenvalue weighted by molar-refractivity contribution is 7.89. The van der Waals surface area contributed by atoms with E-state index in [4.69, 9.17) is 16.3 Å². The Morgan fingerprint density at radius 2 is 1.74 bits per heavy atom. The van der Waals surface area contributed by atoms with Gasteiger partial charge in [0.05, 0.1) is 23.4 Å². The fraction of sp³-hybridized carbons (Fsp3) is 0.333. The number of hydrogen-bond acceptors (Lipinski definition) is 7. The van der Waals surface area contributed by atoms with Crippen molar-refractivity contribution in [1.82, 2.24) is 4.31 Å². The van der Waals surface area contributed by atoms with Gasteiger partial charge in [-0.3, -0.25) is 4.79 Å². The molecule has 1 atom stereocenters. The molecule has 224 valence electrons. The van der Waals surface area contributed by atoms with Crippen molar-refractivity contribution in [2.45, 2.75) is 44.7 Å². The zero-order valence-corrected chi connectivity index (χ0v) is 25.4.